The summed E-state index contributed by atoms with van der Waals surface area (Å²) in [5.41, 5.74) is 0. The van der Waals surface area contributed by atoms with E-state index in [4.69, 9.17) is 4.74 Å². The van der Waals surface area contributed by atoms with Gasteiger partial charge in [-0.25, -0.2) is 0 Å². The molecule has 2 aliphatic heterocycles. The smallest absolute Gasteiger partial charge is 0.224 e. The number of hydrogen-bond acceptors (Lipinski definition) is 3. The van der Waals surface area contributed by atoms with Gasteiger partial charge in [0.25, 0.3) is 0 Å². The molecule has 2 heterocycles. The minimum atomic E-state index is 0.0484. The average molecular weight is 212 g/mol. The highest BCUT2D eigenvalue weighted by atomic mass is 16.6. The van der Waals surface area contributed by atoms with Crippen molar-refractivity contribution in [3.8, 4) is 0 Å². The first-order chi connectivity index (χ1) is 7.16. The van der Waals surface area contributed by atoms with E-state index in [1.807, 2.05) is 0 Å². The van der Waals surface area contributed by atoms with Crippen molar-refractivity contribution in [1.82, 2.24) is 9.80 Å². The second kappa shape index (κ2) is 4.18. The van der Waals surface area contributed by atoms with E-state index in [0.29, 0.717) is 32.6 Å². The number of epoxide rings is 1. The summed E-state index contributed by atoms with van der Waals surface area (Å²) in [7, 11) is 0. The second-order valence-electron chi connectivity index (χ2n) is 4.05. The van der Waals surface area contributed by atoms with E-state index in [1.165, 1.54) is 0 Å². The number of hydrogen-bond donors (Lipinski definition) is 0. The lowest BCUT2D eigenvalue weighted by atomic mass is 10.3. The zero-order valence-electron chi connectivity index (χ0n) is 8.94. The molecular weight excluding hydrogens is 196 g/mol. The number of amides is 2. The highest BCUT2D eigenvalue weighted by molar-refractivity contribution is 5.79. The molecule has 2 rings (SSSR count). The van der Waals surface area contributed by atoms with E-state index in [1.54, 1.807) is 16.7 Å². The molecule has 0 spiro atoms. The largest absolute Gasteiger partial charge is 0.371 e. The van der Waals surface area contributed by atoms with Crippen LogP contribution in [0.5, 0.6) is 0 Å². The van der Waals surface area contributed by atoms with E-state index >= 15 is 0 Å². The van der Waals surface area contributed by atoms with Gasteiger partial charge in [0.05, 0.1) is 12.7 Å². The van der Waals surface area contributed by atoms with Gasteiger partial charge in [-0.05, 0) is 0 Å². The normalized spacial score (nSPS) is 26.5. The molecule has 5 nitrogen and oxygen atoms in total. The lowest BCUT2D eigenvalue weighted by Gasteiger charge is -2.20. The second-order valence-corrected chi connectivity index (χ2v) is 4.05. The fourth-order valence-corrected chi connectivity index (χ4v) is 1.79. The van der Waals surface area contributed by atoms with E-state index in [0.717, 1.165) is 6.61 Å². The Morgan fingerprint density at radius 1 is 1.47 bits per heavy atom. The van der Waals surface area contributed by atoms with Crippen molar-refractivity contribution in [2.45, 2.75) is 19.4 Å². The summed E-state index contributed by atoms with van der Waals surface area (Å²) in [5.74, 6) is 0.182. The topological polar surface area (TPSA) is 53.2 Å². The monoisotopic (exact) mass is 212 g/mol. The van der Waals surface area contributed by atoms with Crippen molar-refractivity contribution in [3.05, 3.63) is 0 Å². The first kappa shape index (κ1) is 10.4. The van der Waals surface area contributed by atoms with Crippen molar-refractivity contribution in [1.29, 1.82) is 0 Å². The molecule has 0 radical (unpaired) electrons. The maximum atomic E-state index is 11.7. The predicted molar refractivity (Wildman–Crippen MR) is 53.2 cm³/mol. The standard InChI is InChI=1S/C10H16N2O3/c1-8(13)11-3-2-10(14)12(5-4-11)6-9-7-15-9/h9H,2-7H2,1H3/t9-/m1/s1. The van der Waals surface area contributed by atoms with Crippen LogP contribution in [0.1, 0.15) is 13.3 Å². The molecule has 0 bridgehead atoms. The summed E-state index contributed by atoms with van der Waals surface area (Å²) in [4.78, 5) is 26.4. The molecule has 0 aromatic heterocycles. The van der Waals surface area contributed by atoms with Crippen LogP contribution in [0.2, 0.25) is 0 Å². The molecule has 0 saturated carbocycles. The average Bonchev–Trinajstić information content (AvgIpc) is 2.98. The van der Waals surface area contributed by atoms with Crippen LogP contribution in [0.4, 0.5) is 0 Å². The summed E-state index contributed by atoms with van der Waals surface area (Å²) in [5, 5.41) is 0. The first-order valence-corrected chi connectivity index (χ1v) is 5.31. The van der Waals surface area contributed by atoms with Gasteiger partial charge in [0.2, 0.25) is 11.8 Å². The Kier molecular flexibility index (Phi) is 2.90. The molecule has 1 atom stereocenters. The zero-order chi connectivity index (χ0) is 10.8. The lowest BCUT2D eigenvalue weighted by molar-refractivity contribution is -0.130. The van der Waals surface area contributed by atoms with Gasteiger partial charge in [-0.3, -0.25) is 9.59 Å². The van der Waals surface area contributed by atoms with E-state index < -0.39 is 0 Å². The molecular formula is C10H16N2O3. The maximum absolute atomic E-state index is 11.7. The van der Waals surface area contributed by atoms with Gasteiger partial charge in [0.15, 0.2) is 0 Å². The third-order valence-electron chi connectivity index (χ3n) is 2.86. The van der Waals surface area contributed by atoms with Crippen LogP contribution in [0.3, 0.4) is 0 Å². The molecule has 2 amide bonds. The molecule has 5 heteroatoms. The molecule has 0 aromatic rings. The maximum Gasteiger partial charge on any atom is 0.224 e. The fourth-order valence-electron chi connectivity index (χ4n) is 1.79. The molecule has 2 saturated heterocycles. The predicted octanol–water partition coefficient (Wildman–Crippen LogP) is -0.534. The van der Waals surface area contributed by atoms with E-state index in [2.05, 4.69) is 0 Å². The van der Waals surface area contributed by atoms with Crippen molar-refractivity contribution in [2.75, 3.05) is 32.8 Å². The van der Waals surface area contributed by atoms with Gasteiger partial charge in [-0.15, -0.1) is 0 Å². The molecule has 0 unspecified atom stereocenters. The molecule has 2 fully saturated rings. The Hall–Kier alpha value is -1.10. The minimum Gasteiger partial charge on any atom is -0.371 e. The molecule has 0 aliphatic carbocycles. The van der Waals surface area contributed by atoms with Crippen molar-refractivity contribution in [2.24, 2.45) is 0 Å². The zero-order valence-corrected chi connectivity index (χ0v) is 8.94. The van der Waals surface area contributed by atoms with Crippen LogP contribution < -0.4 is 0 Å². The van der Waals surface area contributed by atoms with E-state index in [9.17, 15) is 9.59 Å². The minimum absolute atomic E-state index is 0.0484. The molecule has 0 N–H and O–H groups in total. The lowest BCUT2D eigenvalue weighted by Crippen LogP contribution is -2.36. The number of ether oxygens (including phenoxy) is 1. The van der Waals surface area contributed by atoms with Gasteiger partial charge < -0.3 is 14.5 Å². The molecule has 15 heavy (non-hydrogen) atoms. The Morgan fingerprint density at radius 2 is 2.20 bits per heavy atom. The highest BCUT2D eigenvalue weighted by Gasteiger charge is 2.29. The van der Waals surface area contributed by atoms with Crippen LogP contribution in [0.15, 0.2) is 0 Å². The van der Waals surface area contributed by atoms with Crippen LogP contribution in [0, 0.1) is 0 Å². The third kappa shape index (κ3) is 2.68. The van der Waals surface area contributed by atoms with Crippen molar-refractivity contribution < 1.29 is 14.3 Å². The van der Waals surface area contributed by atoms with Crippen LogP contribution >= 0.6 is 0 Å². The highest BCUT2D eigenvalue weighted by Crippen LogP contribution is 2.13. The third-order valence-corrected chi connectivity index (χ3v) is 2.86. The number of carbonyl (C=O) groups excluding carboxylic acids is 2. The van der Waals surface area contributed by atoms with Crippen LogP contribution in [-0.4, -0.2) is 60.5 Å². The number of rotatable bonds is 2. The van der Waals surface area contributed by atoms with Gasteiger partial charge in [0, 0.05) is 39.5 Å². The number of nitrogens with zero attached hydrogens (tertiary/aromatic N) is 2. The van der Waals surface area contributed by atoms with Crippen LogP contribution in [-0.2, 0) is 14.3 Å². The SMILES string of the molecule is CC(=O)N1CCC(=O)N(C[C@@H]2CO2)CC1. The van der Waals surface area contributed by atoms with Crippen molar-refractivity contribution >= 4 is 11.8 Å². The molecule has 0 aromatic carbocycles. The van der Waals surface area contributed by atoms with Gasteiger partial charge in [-0.2, -0.15) is 0 Å². The summed E-state index contributed by atoms with van der Waals surface area (Å²) in [6.45, 7) is 4.83. The number of carbonyl (C=O) groups is 2. The first-order valence-electron chi connectivity index (χ1n) is 5.31. The molecule has 2 aliphatic rings. The summed E-state index contributed by atoms with van der Waals surface area (Å²) in [6, 6.07) is 0. The Labute approximate surface area is 89.0 Å². The fraction of sp³-hybridized carbons (Fsp3) is 0.800. The summed E-state index contributed by atoms with van der Waals surface area (Å²) >= 11 is 0. The van der Waals surface area contributed by atoms with Gasteiger partial charge in [0.1, 0.15) is 0 Å². The van der Waals surface area contributed by atoms with E-state index in [-0.39, 0.29) is 17.9 Å². The van der Waals surface area contributed by atoms with Gasteiger partial charge in [-0.1, -0.05) is 0 Å². The molecule has 84 valence electrons. The van der Waals surface area contributed by atoms with Gasteiger partial charge >= 0.3 is 0 Å². The summed E-state index contributed by atoms with van der Waals surface area (Å²) < 4.78 is 5.10. The summed E-state index contributed by atoms with van der Waals surface area (Å²) in [6.07, 6.45) is 0.671. The van der Waals surface area contributed by atoms with Crippen molar-refractivity contribution in [3.63, 3.8) is 0 Å². The Bertz CT molecular complexity index is 276. The Balaban J connectivity index is 1.90. The Morgan fingerprint density at radius 3 is 2.80 bits per heavy atom. The quantitative estimate of drug-likeness (QED) is 0.578. The van der Waals surface area contributed by atoms with Crippen LogP contribution in [0.25, 0.3) is 0 Å².